The van der Waals surface area contributed by atoms with Crippen LogP contribution in [0, 0.1) is 0 Å². The fourth-order valence-corrected chi connectivity index (χ4v) is 3.19. The fourth-order valence-electron chi connectivity index (χ4n) is 2.09. The molecule has 0 spiro atoms. The summed E-state index contributed by atoms with van der Waals surface area (Å²) in [6, 6.07) is 13.9. The molecule has 1 aromatic heterocycles. The van der Waals surface area contributed by atoms with Crippen LogP contribution in [-0.4, -0.2) is 17.4 Å². The van der Waals surface area contributed by atoms with Gasteiger partial charge in [0.25, 0.3) is 0 Å². The second-order valence-corrected chi connectivity index (χ2v) is 6.55. The molecule has 0 aliphatic rings. The molecule has 1 heterocycles. The number of benzene rings is 1. The molecule has 1 amide bonds. The molecular weight excluding hydrogens is 302 g/mol. The number of hydrogen-bond acceptors (Lipinski definition) is 2. The highest BCUT2D eigenvalue weighted by atomic mass is 35.5. The number of carbonyl (C=O) groups excluding carboxylic acids is 1. The lowest BCUT2D eigenvalue weighted by Gasteiger charge is -2.20. The number of halogens is 1. The zero-order valence-electron chi connectivity index (χ0n) is 11.8. The molecule has 0 bridgehead atoms. The predicted octanol–water partition coefficient (Wildman–Crippen LogP) is 4.55. The van der Waals surface area contributed by atoms with Crippen LogP contribution in [0.15, 0.2) is 55.1 Å². The van der Waals surface area contributed by atoms with Crippen LogP contribution in [0.1, 0.15) is 16.9 Å². The van der Waals surface area contributed by atoms with Gasteiger partial charge >= 0.3 is 0 Å². The highest BCUT2D eigenvalue weighted by Gasteiger charge is 2.13. The zero-order chi connectivity index (χ0) is 15.1. The summed E-state index contributed by atoms with van der Waals surface area (Å²) in [5, 5.41) is 0. The molecule has 0 saturated carbocycles. The van der Waals surface area contributed by atoms with Crippen molar-refractivity contribution in [3.63, 3.8) is 0 Å². The largest absolute Gasteiger partial charge is 0.334 e. The molecule has 1 aromatic carbocycles. The first-order valence-electron chi connectivity index (χ1n) is 6.86. The lowest BCUT2D eigenvalue weighted by molar-refractivity contribution is -0.131. The third kappa shape index (κ3) is 5.03. The number of thiophene rings is 1. The molecular formula is C17H18ClNOS. The highest BCUT2D eigenvalue weighted by molar-refractivity contribution is 7.16. The summed E-state index contributed by atoms with van der Waals surface area (Å²) in [7, 11) is 0. The van der Waals surface area contributed by atoms with Gasteiger partial charge in [0.2, 0.25) is 5.91 Å². The van der Waals surface area contributed by atoms with E-state index in [0.29, 0.717) is 19.5 Å². The van der Waals surface area contributed by atoms with Crippen LogP contribution >= 0.6 is 22.9 Å². The standard InChI is InChI=1S/C17H18ClNOS/c1-2-12-19(13-15-9-10-16(18)21-15)17(20)11-8-14-6-4-3-5-7-14/h2-7,9-10H,1,8,11-13H2. The predicted molar refractivity (Wildman–Crippen MR) is 89.7 cm³/mol. The summed E-state index contributed by atoms with van der Waals surface area (Å²) < 4.78 is 0.750. The van der Waals surface area contributed by atoms with Gasteiger partial charge in [-0.2, -0.15) is 0 Å². The van der Waals surface area contributed by atoms with Gasteiger partial charge in [-0.1, -0.05) is 48.0 Å². The maximum atomic E-state index is 12.4. The normalized spacial score (nSPS) is 10.3. The van der Waals surface area contributed by atoms with Crippen molar-refractivity contribution in [1.29, 1.82) is 0 Å². The molecule has 2 aromatic rings. The van der Waals surface area contributed by atoms with Gasteiger partial charge < -0.3 is 4.90 Å². The first-order valence-corrected chi connectivity index (χ1v) is 8.05. The van der Waals surface area contributed by atoms with E-state index in [1.807, 2.05) is 47.4 Å². The van der Waals surface area contributed by atoms with Gasteiger partial charge in [-0.3, -0.25) is 4.79 Å². The molecule has 0 aliphatic heterocycles. The molecule has 0 N–H and O–H groups in total. The van der Waals surface area contributed by atoms with E-state index in [2.05, 4.69) is 6.58 Å². The molecule has 0 atom stereocenters. The summed E-state index contributed by atoms with van der Waals surface area (Å²) in [6.07, 6.45) is 3.03. The second kappa shape index (κ2) is 8.01. The fraction of sp³-hybridized carbons (Fsp3) is 0.235. The van der Waals surface area contributed by atoms with E-state index >= 15 is 0 Å². The molecule has 0 radical (unpaired) electrons. The molecule has 2 nitrogen and oxygen atoms in total. The van der Waals surface area contributed by atoms with E-state index in [0.717, 1.165) is 15.6 Å². The summed E-state index contributed by atoms with van der Waals surface area (Å²) >= 11 is 7.45. The maximum absolute atomic E-state index is 12.4. The van der Waals surface area contributed by atoms with Crippen LogP contribution in [0.4, 0.5) is 0 Å². The molecule has 2 rings (SSSR count). The Labute approximate surface area is 134 Å². The monoisotopic (exact) mass is 319 g/mol. The Morgan fingerprint density at radius 2 is 2.00 bits per heavy atom. The summed E-state index contributed by atoms with van der Waals surface area (Å²) in [5.41, 5.74) is 1.18. The van der Waals surface area contributed by atoms with Crippen LogP contribution < -0.4 is 0 Å². The summed E-state index contributed by atoms with van der Waals surface area (Å²) in [6.45, 7) is 4.88. The Balaban J connectivity index is 1.93. The minimum atomic E-state index is 0.142. The van der Waals surface area contributed by atoms with E-state index in [9.17, 15) is 4.79 Å². The smallest absolute Gasteiger partial charge is 0.223 e. The minimum absolute atomic E-state index is 0.142. The lowest BCUT2D eigenvalue weighted by Crippen LogP contribution is -2.30. The van der Waals surface area contributed by atoms with E-state index < -0.39 is 0 Å². The average Bonchev–Trinajstić information content (AvgIpc) is 2.91. The van der Waals surface area contributed by atoms with Gasteiger partial charge in [-0.05, 0) is 24.1 Å². The third-order valence-electron chi connectivity index (χ3n) is 3.15. The Kier molecular flexibility index (Phi) is 6.03. The topological polar surface area (TPSA) is 20.3 Å². The van der Waals surface area contributed by atoms with Gasteiger partial charge in [0.15, 0.2) is 0 Å². The number of hydrogen-bond donors (Lipinski definition) is 0. The Morgan fingerprint density at radius 1 is 1.24 bits per heavy atom. The summed E-state index contributed by atoms with van der Waals surface area (Å²) in [4.78, 5) is 15.3. The molecule has 21 heavy (non-hydrogen) atoms. The highest BCUT2D eigenvalue weighted by Crippen LogP contribution is 2.23. The summed E-state index contributed by atoms with van der Waals surface area (Å²) in [5.74, 6) is 0.142. The number of aryl methyl sites for hydroxylation is 1. The molecule has 0 aliphatic carbocycles. The Hall–Kier alpha value is -1.58. The number of nitrogens with zero attached hydrogens (tertiary/aromatic N) is 1. The number of carbonyl (C=O) groups is 1. The first-order chi connectivity index (χ1) is 10.2. The van der Waals surface area contributed by atoms with Crippen LogP contribution in [0.25, 0.3) is 0 Å². The quantitative estimate of drug-likeness (QED) is 0.686. The van der Waals surface area contributed by atoms with Gasteiger partial charge in [0, 0.05) is 17.8 Å². The van der Waals surface area contributed by atoms with Crippen molar-refractivity contribution < 1.29 is 4.79 Å². The van der Waals surface area contributed by atoms with Crippen LogP contribution in [0.3, 0.4) is 0 Å². The first kappa shape index (κ1) is 15.8. The Bertz CT molecular complexity index is 594. The van der Waals surface area contributed by atoms with E-state index in [1.165, 1.54) is 16.9 Å². The van der Waals surface area contributed by atoms with Crippen LogP contribution in [0.5, 0.6) is 0 Å². The van der Waals surface area contributed by atoms with Crippen molar-refractivity contribution in [3.8, 4) is 0 Å². The van der Waals surface area contributed by atoms with E-state index in [1.54, 1.807) is 6.08 Å². The number of amides is 1. The molecule has 0 fully saturated rings. The molecule has 0 saturated heterocycles. The Morgan fingerprint density at radius 3 is 2.62 bits per heavy atom. The van der Waals surface area contributed by atoms with E-state index in [-0.39, 0.29) is 5.91 Å². The van der Waals surface area contributed by atoms with E-state index in [4.69, 9.17) is 11.6 Å². The van der Waals surface area contributed by atoms with Crippen molar-refractivity contribution in [2.45, 2.75) is 19.4 Å². The molecule has 110 valence electrons. The SMILES string of the molecule is C=CCN(Cc1ccc(Cl)s1)C(=O)CCc1ccccc1. The van der Waals surface area contributed by atoms with Gasteiger partial charge in [0.05, 0.1) is 10.9 Å². The van der Waals surface area contributed by atoms with Gasteiger partial charge in [-0.25, -0.2) is 0 Å². The van der Waals surface area contributed by atoms with Gasteiger partial charge in [-0.15, -0.1) is 17.9 Å². The molecule has 0 unspecified atom stereocenters. The lowest BCUT2D eigenvalue weighted by atomic mass is 10.1. The minimum Gasteiger partial charge on any atom is -0.334 e. The number of rotatable bonds is 7. The van der Waals surface area contributed by atoms with Crippen LogP contribution in [0.2, 0.25) is 4.34 Å². The van der Waals surface area contributed by atoms with Crippen molar-refractivity contribution in [2.75, 3.05) is 6.54 Å². The van der Waals surface area contributed by atoms with Crippen molar-refractivity contribution in [3.05, 3.63) is 69.9 Å². The van der Waals surface area contributed by atoms with Crippen molar-refractivity contribution in [1.82, 2.24) is 4.90 Å². The molecule has 4 heteroatoms. The van der Waals surface area contributed by atoms with Crippen molar-refractivity contribution >= 4 is 28.8 Å². The van der Waals surface area contributed by atoms with Crippen molar-refractivity contribution in [2.24, 2.45) is 0 Å². The van der Waals surface area contributed by atoms with Crippen LogP contribution in [-0.2, 0) is 17.8 Å². The zero-order valence-corrected chi connectivity index (χ0v) is 13.4. The average molecular weight is 320 g/mol. The second-order valence-electron chi connectivity index (χ2n) is 4.75. The maximum Gasteiger partial charge on any atom is 0.223 e. The third-order valence-corrected chi connectivity index (χ3v) is 4.36. The van der Waals surface area contributed by atoms with Gasteiger partial charge in [0.1, 0.15) is 0 Å².